The monoisotopic (exact) mass is 589 g/mol. The van der Waals surface area contributed by atoms with E-state index < -0.39 is 27.7 Å². The third-order valence-corrected chi connectivity index (χ3v) is 8.64. The lowest BCUT2D eigenvalue weighted by Gasteiger charge is -2.26. The van der Waals surface area contributed by atoms with Gasteiger partial charge in [-0.15, -0.1) is 0 Å². The van der Waals surface area contributed by atoms with Crippen LogP contribution in [0.5, 0.6) is 0 Å². The lowest BCUT2D eigenvalue weighted by atomic mass is 9.99. The number of anilines is 2. The van der Waals surface area contributed by atoms with E-state index in [-0.39, 0.29) is 44.5 Å². The largest absolute Gasteiger partial charge is 0.465 e. The third kappa shape index (κ3) is 7.37. The van der Waals surface area contributed by atoms with E-state index in [0.29, 0.717) is 34.1 Å². The van der Waals surface area contributed by atoms with Gasteiger partial charge < -0.3 is 20.6 Å². The molecular weight excluding hydrogens is 556 g/mol. The van der Waals surface area contributed by atoms with Crippen LogP contribution < -0.4 is 15.5 Å². The summed E-state index contributed by atoms with van der Waals surface area (Å²) in [5.41, 5.74) is 2.68. The van der Waals surface area contributed by atoms with Gasteiger partial charge in [-0.05, 0) is 37.1 Å². The lowest BCUT2D eigenvalue weighted by molar-refractivity contribution is -0.0102. The number of carbonyl (C=O) groups excluding carboxylic acids is 1. The van der Waals surface area contributed by atoms with E-state index in [1.807, 2.05) is 0 Å². The molecule has 1 aromatic carbocycles. The summed E-state index contributed by atoms with van der Waals surface area (Å²) in [5, 5.41) is 17.9. The zero-order chi connectivity index (χ0) is 29.8. The molecule has 11 nitrogen and oxygen atoms in total. The van der Waals surface area contributed by atoms with E-state index >= 15 is 0 Å². The molecule has 3 aromatic rings. The zero-order valence-electron chi connectivity index (χ0n) is 23.1. The molecule has 2 aromatic heterocycles. The molecular formula is C27H33F2N7O4S. The smallest absolute Gasteiger partial charge is 0.404 e. The maximum atomic E-state index is 14.1. The van der Waals surface area contributed by atoms with Crippen LogP contribution in [0, 0.1) is 6.92 Å². The van der Waals surface area contributed by atoms with E-state index in [1.165, 1.54) is 6.26 Å². The highest BCUT2D eigenvalue weighted by atomic mass is 32.2. The van der Waals surface area contributed by atoms with Crippen molar-refractivity contribution in [1.82, 2.24) is 20.1 Å². The Morgan fingerprint density at radius 2 is 2.00 bits per heavy atom. The third-order valence-electron chi connectivity index (χ3n) is 6.83. The summed E-state index contributed by atoms with van der Waals surface area (Å²) >= 11 is 0. The first-order valence-corrected chi connectivity index (χ1v) is 15.0. The Kier molecular flexibility index (Phi) is 8.90. The predicted octanol–water partition coefficient (Wildman–Crippen LogP) is 4.39. The number of halogens is 2. The van der Waals surface area contributed by atoms with Gasteiger partial charge in [-0.1, -0.05) is 6.07 Å². The second kappa shape index (κ2) is 12.2. The number of benzene rings is 1. The van der Waals surface area contributed by atoms with Crippen LogP contribution in [-0.2, 0) is 16.8 Å². The number of aromatic nitrogens is 3. The van der Waals surface area contributed by atoms with Gasteiger partial charge in [0.05, 0.1) is 28.0 Å². The molecule has 1 fully saturated rings. The Balaban J connectivity index is 1.68. The van der Waals surface area contributed by atoms with Crippen LogP contribution in [0.1, 0.15) is 35.2 Å². The Hall–Kier alpha value is -4.07. The maximum absolute atomic E-state index is 14.1. The highest BCUT2D eigenvalue weighted by Crippen LogP contribution is 2.34. The molecule has 3 heterocycles. The van der Waals surface area contributed by atoms with Gasteiger partial charge in [-0.2, -0.15) is 5.10 Å². The molecule has 0 spiro atoms. The van der Waals surface area contributed by atoms with E-state index in [9.17, 15) is 22.6 Å². The first-order chi connectivity index (χ1) is 19.4. The van der Waals surface area contributed by atoms with Crippen molar-refractivity contribution in [2.24, 2.45) is 11.4 Å². The average Bonchev–Trinajstić information content (AvgIpc) is 3.25. The second-order valence-corrected chi connectivity index (χ2v) is 12.3. The Morgan fingerprint density at radius 1 is 1.22 bits per heavy atom. The van der Waals surface area contributed by atoms with Crippen LogP contribution in [-0.4, -0.2) is 74.4 Å². The van der Waals surface area contributed by atoms with E-state index in [2.05, 4.69) is 25.1 Å². The number of amides is 2. The van der Waals surface area contributed by atoms with E-state index in [0.717, 1.165) is 5.56 Å². The number of nitrogens with zero attached hydrogens (tertiary/aromatic N) is 5. The van der Waals surface area contributed by atoms with Crippen molar-refractivity contribution in [3.05, 3.63) is 54.0 Å². The fraction of sp³-hybridized carbons (Fsp3) is 0.407. The minimum absolute atomic E-state index is 0.0152. The summed E-state index contributed by atoms with van der Waals surface area (Å²) in [5.74, 6) is -2.94. The van der Waals surface area contributed by atoms with Crippen molar-refractivity contribution in [2.75, 3.05) is 42.7 Å². The van der Waals surface area contributed by atoms with Crippen molar-refractivity contribution in [1.29, 1.82) is 0 Å². The molecule has 1 atom stereocenters. The van der Waals surface area contributed by atoms with Crippen molar-refractivity contribution in [3.63, 3.8) is 0 Å². The highest BCUT2D eigenvalue weighted by molar-refractivity contribution is 7.93. The molecule has 0 saturated carbocycles. The van der Waals surface area contributed by atoms with Gasteiger partial charge in [0.15, 0.2) is 0 Å². The Morgan fingerprint density at radius 3 is 2.71 bits per heavy atom. The summed E-state index contributed by atoms with van der Waals surface area (Å²) in [6.07, 6.45) is 5.04. The summed E-state index contributed by atoms with van der Waals surface area (Å²) in [4.78, 5) is 31.2. The zero-order valence-corrected chi connectivity index (χ0v) is 23.9. The summed E-state index contributed by atoms with van der Waals surface area (Å²) in [7, 11) is -1.10. The molecule has 14 heteroatoms. The van der Waals surface area contributed by atoms with Crippen molar-refractivity contribution < 1.29 is 27.7 Å². The molecule has 3 N–H and O–H groups in total. The number of carbonyl (C=O) groups is 2. The molecule has 1 aliphatic heterocycles. The number of carboxylic acid groups (broad SMARTS) is 1. The quantitative estimate of drug-likeness (QED) is 0.331. The minimum atomic E-state index is -2.88. The van der Waals surface area contributed by atoms with Crippen LogP contribution in [0.25, 0.3) is 11.1 Å². The predicted molar refractivity (Wildman–Crippen MR) is 152 cm³/mol. The van der Waals surface area contributed by atoms with Gasteiger partial charge in [0.2, 0.25) is 5.92 Å². The molecule has 1 unspecified atom stereocenters. The lowest BCUT2D eigenvalue weighted by Crippen LogP contribution is -2.30. The molecule has 2 amide bonds. The van der Waals surface area contributed by atoms with Crippen LogP contribution in [0.3, 0.4) is 0 Å². The molecule has 0 bridgehead atoms. The number of pyridine rings is 1. The molecule has 1 aliphatic rings. The molecule has 41 heavy (non-hydrogen) atoms. The van der Waals surface area contributed by atoms with Crippen LogP contribution in [0.2, 0.25) is 0 Å². The SMILES string of the molecule is Cc1c(-c2cnn(C)c2)cnc(N2CCCC(F)(F)CC2)c1C(=O)Nc1cccc(S(C)(=O)=NCCNC(=O)O)c1. The number of aryl methyl sites for hydroxylation is 1. The fourth-order valence-corrected chi connectivity index (χ4v) is 5.95. The summed E-state index contributed by atoms with van der Waals surface area (Å²) in [6.45, 7) is 2.20. The summed E-state index contributed by atoms with van der Waals surface area (Å²) in [6, 6.07) is 6.44. The van der Waals surface area contributed by atoms with Crippen LogP contribution in [0.15, 0.2) is 52.1 Å². The number of hydrogen-bond acceptors (Lipinski definition) is 7. The van der Waals surface area contributed by atoms with E-state index in [1.54, 1.807) is 66.4 Å². The summed E-state index contributed by atoms with van der Waals surface area (Å²) < 4.78 is 47.3. The maximum Gasteiger partial charge on any atom is 0.404 e. The fourth-order valence-electron chi connectivity index (χ4n) is 4.69. The van der Waals surface area contributed by atoms with Crippen molar-refractivity contribution in [3.8, 4) is 11.1 Å². The molecule has 0 radical (unpaired) electrons. The van der Waals surface area contributed by atoms with Gasteiger partial charge in [0.1, 0.15) is 5.82 Å². The van der Waals surface area contributed by atoms with Crippen LogP contribution >= 0.6 is 0 Å². The molecule has 0 aliphatic carbocycles. The number of rotatable bonds is 8. The normalized spacial score (nSPS) is 16.4. The van der Waals surface area contributed by atoms with Gasteiger partial charge in [0, 0.05) is 79.9 Å². The van der Waals surface area contributed by atoms with Crippen molar-refractivity contribution in [2.45, 2.75) is 37.0 Å². The first kappa shape index (κ1) is 29.9. The molecule has 220 valence electrons. The average molecular weight is 590 g/mol. The number of nitrogens with one attached hydrogen (secondary N) is 2. The minimum Gasteiger partial charge on any atom is -0.465 e. The van der Waals surface area contributed by atoms with E-state index in [4.69, 9.17) is 5.11 Å². The first-order valence-electron chi connectivity index (χ1n) is 13.0. The Labute approximate surface area is 237 Å². The van der Waals surface area contributed by atoms with Gasteiger partial charge in [-0.25, -0.2) is 27.1 Å². The Bertz CT molecular complexity index is 1570. The second-order valence-electron chi connectivity index (χ2n) is 9.96. The van der Waals surface area contributed by atoms with Gasteiger partial charge >= 0.3 is 6.09 Å². The molecule has 1 saturated heterocycles. The van der Waals surface area contributed by atoms with Crippen LogP contribution in [0.4, 0.5) is 25.1 Å². The van der Waals surface area contributed by atoms with Gasteiger partial charge in [-0.3, -0.25) is 9.48 Å². The number of alkyl halides is 2. The van der Waals surface area contributed by atoms with Gasteiger partial charge in [0.25, 0.3) is 5.91 Å². The number of hydrogen-bond donors (Lipinski definition) is 3. The topological polar surface area (TPSA) is 142 Å². The van der Waals surface area contributed by atoms with Crippen molar-refractivity contribution >= 4 is 33.2 Å². The highest BCUT2D eigenvalue weighted by Gasteiger charge is 2.33. The molecule has 4 rings (SSSR count). The standard InChI is InChI=1S/C27H33F2N7O4S/c1-18-22(19-15-32-35(2)17-19)16-31-24(36-12-5-8-27(28,29)9-13-36)23(18)25(37)34-20-6-4-7-21(14-20)41(3,40)33-11-10-30-26(38)39/h4,6-7,14-17,30H,5,8-13H2,1-3H3,(H,34,37)(H,38,39).